The fourth-order valence-electron chi connectivity index (χ4n) is 3.06. The highest BCUT2D eigenvalue weighted by atomic mass is 19.4. The number of carbonyl (C=O) groups excluding carboxylic acids is 2. The van der Waals surface area contributed by atoms with Crippen LogP contribution in [-0.4, -0.2) is 18.4 Å². The second-order valence-electron chi connectivity index (χ2n) is 6.49. The molecular weight excluding hydrogens is 357 g/mol. The molecule has 0 unspecified atom stereocenters. The third-order valence-corrected chi connectivity index (χ3v) is 4.61. The summed E-state index contributed by atoms with van der Waals surface area (Å²) >= 11 is 0. The van der Waals surface area contributed by atoms with Crippen LogP contribution in [0.1, 0.15) is 24.5 Å². The first-order valence-electron chi connectivity index (χ1n) is 8.65. The first kappa shape index (κ1) is 18.9. The molecular formula is C20H19F3N2O2. The van der Waals surface area contributed by atoms with Gasteiger partial charge < -0.3 is 10.2 Å². The second-order valence-corrected chi connectivity index (χ2v) is 6.49. The van der Waals surface area contributed by atoms with E-state index in [9.17, 15) is 22.8 Å². The van der Waals surface area contributed by atoms with Gasteiger partial charge in [0.1, 0.15) is 0 Å². The van der Waals surface area contributed by atoms with E-state index in [-0.39, 0.29) is 24.6 Å². The standard InChI is InChI=1S/C20H19F3N2O2/c1-2-13-6-8-17(9-7-13)25-12-14(10-18(25)26)19(27)24-16-5-3-4-15(11-16)20(21,22)23/h3-9,11,14H,2,10,12H2,1H3,(H,24,27)/t14-/m1/s1. The topological polar surface area (TPSA) is 49.4 Å². The van der Waals surface area contributed by atoms with Crippen molar-refractivity contribution >= 4 is 23.2 Å². The van der Waals surface area contributed by atoms with Crippen LogP contribution >= 0.6 is 0 Å². The molecule has 0 saturated carbocycles. The van der Waals surface area contributed by atoms with Crippen molar-refractivity contribution in [2.75, 3.05) is 16.8 Å². The fourth-order valence-corrected chi connectivity index (χ4v) is 3.06. The van der Waals surface area contributed by atoms with E-state index in [1.54, 1.807) is 0 Å². The Labute approximate surface area is 155 Å². The molecule has 1 saturated heterocycles. The first-order chi connectivity index (χ1) is 12.8. The highest BCUT2D eigenvalue weighted by Gasteiger charge is 2.35. The van der Waals surface area contributed by atoms with Gasteiger partial charge in [0.25, 0.3) is 0 Å². The zero-order valence-electron chi connectivity index (χ0n) is 14.7. The minimum atomic E-state index is -4.48. The number of benzene rings is 2. The number of rotatable bonds is 4. The van der Waals surface area contributed by atoms with E-state index < -0.39 is 23.6 Å². The number of alkyl halides is 3. The van der Waals surface area contributed by atoms with Crippen LogP contribution in [0.2, 0.25) is 0 Å². The smallest absolute Gasteiger partial charge is 0.326 e. The monoisotopic (exact) mass is 376 g/mol. The largest absolute Gasteiger partial charge is 0.416 e. The molecule has 2 aromatic carbocycles. The molecule has 1 heterocycles. The summed E-state index contributed by atoms with van der Waals surface area (Å²) in [6.07, 6.45) is -3.57. The van der Waals surface area contributed by atoms with Crippen molar-refractivity contribution in [3.05, 3.63) is 59.7 Å². The number of halogens is 3. The maximum Gasteiger partial charge on any atom is 0.416 e. The Morgan fingerprint density at radius 1 is 1.19 bits per heavy atom. The van der Waals surface area contributed by atoms with Crippen LogP contribution in [0, 0.1) is 5.92 Å². The molecule has 1 aliphatic heterocycles. The molecule has 2 amide bonds. The Balaban J connectivity index is 1.68. The number of nitrogens with one attached hydrogen (secondary N) is 1. The fraction of sp³-hybridized carbons (Fsp3) is 0.300. The minimum Gasteiger partial charge on any atom is -0.326 e. The van der Waals surface area contributed by atoms with E-state index in [0.29, 0.717) is 5.69 Å². The van der Waals surface area contributed by atoms with Crippen LogP contribution in [0.3, 0.4) is 0 Å². The number of hydrogen-bond donors (Lipinski definition) is 1. The Kier molecular flexibility index (Phi) is 5.21. The first-order valence-corrected chi connectivity index (χ1v) is 8.65. The lowest BCUT2D eigenvalue weighted by atomic mass is 10.1. The van der Waals surface area contributed by atoms with Gasteiger partial charge in [0.2, 0.25) is 11.8 Å². The molecule has 4 nitrogen and oxygen atoms in total. The van der Waals surface area contributed by atoms with Gasteiger partial charge in [-0.25, -0.2) is 0 Å². The molecule has 3 rings (SSSR count). The lowest BCUT2D eigenvalue weighted by Gasteiger charge is -2.17. The predicted molar refractivity (Wildman–Crippen MR) is 96.4 cm³/mol. The van der Waals surface area contributed by atoms with Crippen molar-refractivity contribution in [3.63, 3.8) is 0 Å². The third-order valence-electron chi connectivity index (χ3n) is 4.61. The molecule has 1 fully saturated rings. The molecule has 27 heavy (non-hydrogen) atoms. The molecule has 2 aromatic rings. The molecule has 1 atom stereocenters. The van der Waals surface area contributed by atoms with Crippen molar-refractivity contribution in [2.45, 2.75) is 25.9 Å². The summed E-state index contributed by atoms with van der Waals surface area (Å²) in [6.45, 7) is 2.24. The molecule has 0 bridgehead atoms. The number of aryl methyl sites for hydroxylation is 1. The molecule has 1 N–H and O–H groups in total. The maximum atomic E-state index is 12.8. The van der Waals surface area contributed by atoms with Gasteiger partial charge in [-0.3, -0.25) is 9.59 Å². The summed E-state index contributed by atoms with van der Waals surface area (Å²) < 4.78 is 38.4. The number of anilines is 2. The van der Waals surface area contributed by atoms with Crippen LogP contribution in [0.5, 0.6) is 0 Å². The summed E-state index contributed by atoms with van der Waals surface area (Å²) in [4.78, 5) is 26.2. The van der Waals surface area contributed by atoms with Crippen molar-refractivity contribution in [1.29, 1.82) is 0 Å². The highest BCUT2D eigenvalue weighted by molar-refractivity contribution is 6.03. The van der Waals surface area contributed by atoms with Gasteiger partial charge in [-0.05, 0) is 42.3 Å². The summed E-state index contributed by atoms with van der Waals surface area (Å²) in [7, 11) is 0. The summed E-state index contributed by atoms with van der Waals surface area (Å²) in [5.41, 5.74) is 1.09. The van der Waals surface area contributed by atoms with Gasteiger partial charge in [0.15, 0.2) is 0 Å². The molecule has 0 spiro atoms. The van der Waals surface area contributed by atoms with Crippen LogP contribution in [0.15, 0.2) is 48.5 Å². The average Bonchev–Trinajstić information content (AvgIpc) is 3.03. The highest BCUT2D eigenvalue weighted by Crippen LogP contribution is 2.31. The van der Waals surface area contributed by atoms with E-state index >= 15 is 0 Å². The van der Waals surface area contributed by atoms with Crippen LogP contribution in [-0.2, 0) is 22.2 Å². The third kappa shape index (κ3) is 4.30. The summed E-state index contributed by atoms with van der Waals surface area (Å²) in [5, 5.41) is 2.49. The minimum absolute atomic E-state index is 0.0281. The van der Waals surface area contributed by atoms with E-state index in [2.05, 4.69) is 5.32 Å². The van der Waals surface area contributed by atoms with E-state index in [1.807, 2.05) is 31.2 Å². The van der Waals surface area contributed by atoms with Crippen molar-refractivity contribution in [2.24, 2.45) is 5.92 Å². The lowest BCUT2D eigenvalue weighted by molar-refractivity contribution is -0.137. The molecule has 0 radical (unpaired) electrons. The number of nitrogens with zero attached hydrogens (tertiary/aromatic N) is 1. The maximum absolute atomic E-state index is 12.8. The molecule has 0 aromatic heterocycles. The number of carbonyl (C=O) groups is 2. The van der Waals surface area contributed by atoms with Crippen molar-refractivity contribution < 1.29 is 22.8 Å². The Bertz CT molecular complexity index is 847. The lowest BCUT2D eigenvalue weighted by Crippen LogP contribution is -2.28. The van der Waals surface area contributed by atoms with Gasteiger partial charge in [-0.15, -0.1) is 0 Å². The number of hydrogen-bond acceptors (Lipinski definition) is 2. The van der Waals surface area contributed by atoms with E-state index in [1.165, 1.54) is 17.0 Å². The predicted octanol–water partition coefficient (Wildman–Crippen LogP) is 4.26. The molecule has 7 heteroatoms. The Morgan fingerprint density at radius 3 is 2.52 bits per heavy atom. The van der Waals surface area contributed by atoms with Gasteiger partial charge in [0, 0.05) is 24.3 Å². The molecule has 1 aliphatic rings. The van der Waals surface area contributed by atoms with Crippen molar-refractivity contribution in [3.8, 4) is 0 Å². The summed E-state index contributed by atoms with van der Waals surface area (Å²) in [5.74, 6) is -1.25. The average molecular weight is 376 g/mol. The summed E-state index contributed by atoms with van der Waals surface area (Å²) in [6, 6.07) is 12.0. The van der Waals surface area contributed by atoms with E-state index in [0.717, 1.165) is 24.1 Å². The zero-order chi connectivity index (χ0) is 19.6. The van der Waals surface area contributed by atoms with Gasteiger partial charge in [-0.2, -0.15) is 13.2 Å². The Morgan fingerprint density at radius 2 is 1.89 bits per heavy atom. The van der Waals surface area contributed by atoms with Crippen LogP contribution < -0.4 is 10.2 Å². The number of amides is 2. The Hall–Kier alpha value is -2.83. The van der Waals surface area contributed by atoms with Crippen LogP contribution in [0.4, 0.5) is 24.5 Å². The van der Waals surface area contributed by atoms with Gasteiger partial charge >= 0.3 is 6.18 Å². The molecule has 0 aliphatic carbocycles. The van der Waals surface area contributed by atoms with Crippen molar-refractivity contribution in [1.82, 2.24) is 0 Å². The van der Waals surface area contributed by atoms with Crippen LogP contribution in [0.25, 0.3) is 0 Å². The van der Waals surface area contributed by atoms with Gasteiger partial charge in [-0.1, -0.05) is 25.1 Å². The SMILES string of the molecule is CCc1ccc(N2C[C@H](C(=O)Nc3cccc(C(F)(F)F)c3)CC2=O)cc1. The second kappa shape index (κ2) is 7.42. The van der Waals surface area contributed by atoms with Gasteiger partial charge in [0.05, 0.1) is 11.5 Å². The quantitative estimate of drug-likeness (QED) is 0.867. The normalized spacial score (nSPS) is 17.3. The zero-order valence-corrected chi connectivity index (χ0v) is 14.7. The van der Waals surface area contributed by atoms with E-state index in [4.69, 9.17) is 0 Å². The molecule has 142 valence electrons.